The molecule has 0 radical (unpaired) electrons. The molecule has 1 amide bonds. The molecule has 3 aromatic rings. The summed E-state index contributed by atoms with van der Waals surface area (Å²) in [5, 5.41) is 4.26. The Balaban J connectivity index is 1.81. The van der Waals surface area contributed by atoms with Gasteiger partial charge in [-0.3, -0.25) is 9.78 Å². The molecule has 26 heavy (non-hydrogen) atoms. The second-order valence-electron chi connectivity index (χ2n) is 5.82. The maximum atomic E-state index is 10.8. The summed E-state index contributed by atoms with van der Waals surface area (Å²) >= 11 is 7.56. The van der Waals surface area contributed by atoms with Crippen molar-refractivity contribution in [2.75, 3.05) is 16.8 Å². The largest absolute Gasteiger partial charge is 0.343 e. The highest BCUT2D eigenvalue weighted by Gasteiger charge is 2.15. The normalized spacial score (nSPS) is 10.5. The predicted octanol–water partition coefficient (Wildman–Crippen LogP) is 4.32. The number of hydrogen-bond donors (Lipinski definition) is 1. The van der Waals surface area contributed by atoms with E-state index in [1.54, 1.807) is 17.5 Å². The lowest BCUT2D eigenvalue weighted by Gasteiger charge is -2.22. The van der Waals surface area contributed by atoms with Crippen molar-refractivity contribution in [3.8, 4) is 0 Å². The molecule has 2 aromatic heterocycles. The van der Waals surface area contributed by atoms with E-state index in [0.29, 0.717) is 18.8 Å². The zero-order valence-electron chi connectivity index (χ0n) is 14.4. The third kappa shape index (κ3) is 4.80. The highest BCUT2D eigenvalue weighted by molar-refractivity contribution is 7.16. The Morgan fingerprint density at radius 2 is 2.04 bits per heavy atom. The number of pyridine rings is 1. The van der Waals surface area contributed by atoms with Crippen LogP contribution in [0.3, 0.4) is 0 Å². The quantitative estimate of drug-likeness (QED) is 0.586. The highest BCUT2D eigenvalue weighted by Crippen LogP contribution is 2.30. The molecule has 5 nitrogen and oxygen atoms in total. The van der Waals surface area contributed by atoms with Crippen LogP contribution in [0, 0.1) is 6.92 Å². The lowest BCUT2D eigenvalue weighted by molar-refractivity contribution is -0.105. The molecule has 0 saturated heterocycles. The Labute approximate surface area is 161 Å². The number of hydrogen-bond acceptors (Lipinski definition) is 5. The number of aryl methyl sites for hydroxylation is 1. The van der Waals surface area contributed by atoms with Crippen LogP contribution in [-0.2, 0) is 17.8 Å². The van der Waals surface area contributed by atoms with Gasteiger partial charge in [-0.15, -0.1) is 0 Å². The number of carbonyl (C=O) groups excluding carboxylic acids is 1. The van der Waals surface area contributed by atoms with E-state index in [2.05, 4.69) is 26.3 Å². The van der Waals surface area contributed by atoms with E-state index in [1.807, 2.05) is 43.5 Å². The average molecular weight is 387 g/mol. The summed E-state index contributed by atoms with van der Waals surface area (Å²) in [6.45, 7) is 3.46. The molecule has 1 N–H and O–H groups in total. The maximum Gasteiger partial charge on any atom is 0.212 e. The molecule has 0 spiro atoms. The smallest absolute Gasteiger partial charge is 0.212 e. The van der Waals surface area contributed by atoms with E-state index >= 15 is 0 Å². The maximum absolute atomic E-state index is 10.8. The third-order valence-corrected chi connectivity index (χ3v) is 5.21. The van der Waals surface area contributed by atoms with E-state index < -0.39 is 0 Å². The number of benzene rings is 1. The fourth-order valence-electron chi connectivity index (χ4n) is 2.57. The summed E-state index contributed by atoms with van der Waals surface area (Å²) in [5.74, 6) is 0.613. The zero-order valence-corrected chi connectivity index (χ0v) is 15.9. The van der Waals surface area contributed by atoms with E-state index in [9.17, 15) is 4.79 Å². The van der Waals surface area contributed by atoms with Crippen molar-refractivity contribution in [1.29, 1.82) is 0 Å². The second-order valence-corrected chi connectivity index (χ2v) is 7.44. The van der Waals surface area contributed by atoms with Crippen molar-refractivity contribution in [3.05, 3.63) is 69.8 Å². The summed E-state index contributed by atoms with van der Waals surface area (Å²) in [5.41, 5.74) is 2.33. The first-order valence-corrected chi connectivity index (χ1v) is 9.41. The van der Waals surface area contributed by atoms with Gasteiger partial charge >= 0.3 is 0 Å². The molecule has 134 valence electrons. The molecule has 3 rings (SSSR count). The number of nitrogens with one attached hydrogen (secondary N) is 1. The van der Waals surface area contributed by atoms with Crippen LogP contribution in [0.1, 0.15) is 16.0 Å². The number of nitrogens with zero attached hydrogens (tertiary/aromatic N) is 3. The van der Waals surface area contributed by atoms with Crippen LogP contribution in [0.4, 0.5) is 10.9 Å². The summed E-state index contributed by atoms with van der Waals surface area (Å²) in [6, 6.07) is 11.8. The highest BCUT2D eigenvalue weighted by atomic mass is 35.5. The number of anilines is 2. The Morgan fingerprint density at radius 1 is 1.23 bits per heavy atom. The van der Waals surface area contributed by atoms with Gasteiger partial charge in [-0.05, 0) is 42.7 Å². The predicted molar refractivity (Wildman–Crippen MR) is 107 cm³/mol. The van der Waals surface area contributed by atoms with Gasteiger partial charge < -0.3 is 10.2 Å². The standard InChI is InChI=1S/C19H19ClN4OS/c1-14-18(22-13-25)23-19(26-14)24(10-8-15-3-2-9-21-11-15)12-16-4-6-17(20)7-5-16/h2-7,9,11,13H,8,10,12H2,1H3,(H,22,25). The molecule has 0 aliphatic carbocycles. The fraction of sp³-hybridized carbons (Fsp3) is 0.211. The van der Waals surface area contributed by atoms with Crippen molar-refractivity contribution in [2.45, 2.75) is 19.9 Å². The van der Waals surface area contributed by atoms with Crippen molar-refractivity contribution >= 4 is 40.3 Å². The summed E-state index contributed by atoms with van der Waals surface area (Å²) in [4.78, 5) is 22.7. The van der Waals surface area contributed by atoms with Gasteiger partial charge in [0, 0.05) is 35.4 Å². The number of amides is 1. The Kier molecular flexibility index (Phi) is 6.20. The van der Waals surface area contributed by atoms with Gasteiger partial charge in [0.2, 0.25) is 6.41 Å². The number of aromatic nitrogens is 2. The lowest BCUT2D eigenvalue weighted by atomic mass is 10.2. The molecule has 0 saturated carbocycles. The van der Waals surface area contributed by atoms with E-state index in [0.717, 1.165) is 33.6 Å². The van der Waals surface area contributed by atoms with Crippen LogP contribution in [0.25, 0.3) is 0 Å². The van der Waals surface area contributed by atoms with Gasteiger partial charge in [0.1, 0.15) is 5.82 Å². The van der Waals surface area contributed by atoms with Crippen LogP contribution in [0.2, 0.25) is 5.02 Å². The van der Waals surface area contributed by atoms with Crippen LogP contribution < -0.4 is 10.2 Å². The lowest BCUT2D eigenvalue weighted by Crippen LogP contribution is -2.25. The number of thiazole rings is 1. The Morgan fingerprint density at radius 3 is 2.73 bits per heavy atom. The van der Waals surface area contributed by atoms with E-state index in [-0.39, 0.29) is 0 Å². The molecule has 0 atom stereocenters. The summed E-state index contributed by atoms with van der Waals surface area (Å²) < 4.78 is 0. The molecule has 7 heteroatoms. The molecule has 2 heterocycles. The van der Waals surface area contributed by atoms with Gasteiger partial charge in [-0.2, -0.15) is 0 Å². The molecule has 0 unspecified atom stereocenters. The summed E-state index contributed by atoms with van der Waals surface area (Å²) in [6.07, 6.45) is 5.17. The monoisotopic (exact) mass is 386 g/mol. The van der Waals surface area contributed by atoms with Crippen LogP contribution in [0.5, 0.6) is 0 Å². The second kappa shape index (κ2) is 8.78. The SMILES string of the molecule is Cc1sc(N(CCc2cccnc2)Cc2ccc(Cl)cc2)nc1NC=O. The van der Waals surface area contributed by atoms with Crippen LogP contribution in [-0.4, -0.2) is 22.9 Å². The average Bonchev–Trinajstić information content (AvgIpc) is 3.02. The third-order valence-electron chi connectivity index (χ3n) is 3.93. The molecule has 0 aliphatic rings. The molecule has 0 aliphatic heterocycles. The van der Waals surface area contributed by atoms with Gasteiger partial charge in [0.25, 0.3) is 0 Å². The minimum atomic E-state index is 0.613. The fourth-order valence-corrected chi connectivity index (χ4v) is 3.59. The molecule has 1 aromatic carbocycles. The molecular formula is C19H19ClN4OS. The molecular weight excluding hydrogens is 368 g/mol. The number of rotatable bonds is 8. The van der Waals surface area contributed by atoms with Crippen molar-refractivity contribution in [1.82, 2.24) is 9.97 Å². The van der Waals surface area contributed by atoms with Crippen molar-refractivity contribution in [2.24, 2.45) is 0 Å². The summed E-state index contributed by atoms with van der Waals surface area (Å²) in [7, 11) is 0. The van der Waals surface area contributed by atoms with E-state index in [4.69, 9.17) is 11.6 Å². The molecule has 0 bridgehead atoms. The van der Waals surface area contributed by atoms with Crippen molar-refractivity contribution in [3.63, 3.8) is 0 Å². The Bertz CT molecular complexity index is 852. The Hall–Kier alpha value is -2.44. The van der Waals surface area contributed by atoms with Gasteiger partial charge in [-0.1, -0.05) is 41.1 Å². The number of carbonyl (C=O) groups is 1. The first kappa shape index (κ1) is 18.4. The number of halogens is 1. The van der Waals surface area contributed by atoms with Crippen LogP contribution in [0.15, 0.2) is 48.8 Å². The van der Waals surface area contributed by atoms with Crippen molar-refractivity contribution < 1.29 is 4.79 Å². The molecule has 0 fully saturated rings. The van der Waals surface area contributed by atoms with Gasteiger partial charge in [-0.25, -0.2) is 4.98 Å². The minimum absolute atomic E-state index is 0.613. The van der Waals surface area contributed by atoms with Gasteiger partial charge in [0.05, 0.1) is 0 Å². The first-order chi connectivity index (χ1) is 12.7. The van der Waals surface area contributed by atoms with Crippen LogP contribution >= 0.6 is 22.9 Å². The van der Waals surface area contributed by atoms with E-state index in [1.165, 1.54) is 5.56 Å². The first-order valence-electron chi connectivity index (χ1n) is 8.21. The van der Waals surface area contributed by atoms with Gasteiger partial charge in [0.15, 0.2) is 5.13 Å². The topological polar surface area (TPSA) is 58.1 Å². The minimum Gasteiger partial charge on any atom is -0.343 e. The zero-order chi connectivity index (χ0) is 18.4.